The minimum absolute atomic E-state index is 0.108. The molecule has 3 nitrogen and oxygen atoms in total. The fourth-order valence-electron chi connectivity index (χ4n) is 2.43. The lowest BCUT2D eigenvalue weighted by Crippen LogP contribution is -2.40. The van der Waals surface area contributed by atoms with Crippen molar-refractivity contribution in [1.29, 1.82) is 0 Å². The molecule has 1 aliphatic heterocycles. The maximum absolute atomic E-state index is 5.95. The molecule has 2 unspecified atom stereocenters. The molecule has 0 spiro atoms. The third-order valence-electron chi connectivity index (χ3n) is 3.41. The van der Waals surface area contributed by atoms with Crippen LogP contribution in [0.5, 0.6) is 0 Å². The molecule has 3 heteroatoms. The van der Waals surface area contributed by atoms with E-state index in [2.05, 4.69) is 36.5 Å². The van der Waals surface area contributed by atoms with Gasteiger partial charge in [0.05, 0.1) is 19.3 Å². The van der Waals surface area contributed by atoms with Gasteiger partial charge in [-0.15, -0.1) is 0 Å². The first-order valence-corrected chi connectivity index (χ1v) is 6.81. The molecule has 100 valence electrons. The summed E-state index contributed by atoms with van der Waals surface area (Å²) in [7, 11) is 1.97. The summed E-state index contributed by atoms with van der Waals surface area (Å²) >= 11 is 0. The van der Waals surface area contributed by atoms with Crippen LogP contribution in [0.3, 0.4) is 0 Å². The summed E-state index contributed by atoms with van der Waals surface area (Å²) in [5, 5.41) is 3.32. The SMILES string of the molecule is CCCOCC(NC)C1OCCc2ccccc21. The molecule has 1 aromatic rings. The molecule has 0 amide bonds. The van der Waals surface area contributed by atoms with Crippen LogP contribution in [0.15, 0.2) is 24.3 Å². The topological polar surface area (TPSA) is 30.5 Å². The molecule has 0 saturated heterocycles. The number of nitrogens with one attached hydrogen (secondary N) is 1. The van der Waals surface area contributed by atoms with Crippen molar-refractivity contribution < 1.29 is 9.47 Å². The zero-order chi connectivity index (χ0) is 12.8. The molecule has 0 bridgehead atoms. The molecule has 0 aliphatic carbocycles. The van der Waals surface area contributed by atoms with Gasteiger partial charge in [-0.2, -0.15) is 0 Å². The molecule has 0 fully saturated rings. The van der Waals surface area contributed by atoms with E-state index in [-0.39, 0.29) is 12.1 Å². The van der Waals surface area contributed by atoms with Crippen LogP contribution < -0.4 is 5.32 Å². The van der Waals surface area contributed by atoms with Gasteiger partial charge >= 0.3 is 0 Å². The largest absolute Gasteiger partial charge is 0.380 e. The van der Waals surface area contributed by atoms with Gasteiger partial charge in [0.2, 0.25) is 0 Å². The van der Waals surface area contributed by atoms with Gasteiger partial charge in [-0.3, -0.25) is 0 Å². The number of benzene rings is 1. The Balaban J connectivity index is 2.07. The average molecular weight is 249 g/mol. The molecule has 1 aliphatic rings. The lowest BCUT2D eigenvalue weighted by Gasteiger charge is -2.32. The summed E-state index contributed by atoms with van der Waals surface area (Å²) in [6.45, 7) is 4.43. The number of hydrogen-bond acceptors (Lipinski definition) is 3. The number of ether oxygens (including phenoxy) is 2. The van der Waals surface area contributed by atoms with E-state index in [4.69, 9.17) is 9.47 Å². The van der Waals surface area contributed by atoms with Crippen molar-refractivity contribution in [3.8, 4) is 0 Å². The van der Waals surface area contributed by atoms with Crippen molar-refractivity contribution in [3.63, 3.8) is 0 Å². The smallest absolute Gasteiger partial charge is 0.100 e. The molecule has 2 atom stereocenters. The minimum Gasteiger partial charge on any atom is -0.380 e. The van der Waals surface area contributed by atoms with Gasteiger partial charge < -0.3 is 14.8 Å². The molecule has 0 aromatic heterocycles. The van der Waals surface area contributed by atoms with Gasteiger partial charge in [0, 0.05) is 6.61 Å². The highest BCUT2D eigenvalue weighted by Crippen LogP contribution is 2.29. The van der Waals surface area contributed by atoms with Gasteiger partial charge in [0.25, 0.3) is 0 Å². The molecule has 1 heterocycles. The van der Waals surface area contributed by atoms with E-state index >= 15 is 0 Å². The van der Waals surface area contributed by atoms with Crippen molar-refractivity contribution in [2.45, 2.75) is 31.9 Å². The highest BCUT2D eigenvalue weighted by molar-refractivity contribution is 5.31. The molecule has 18 heavy (non-hydrogen) atoms. The molecule has 0 saturated carbocycles. The van der Waals surface area contributed by atoms with Crippen LogP contribution in [0.2, 0.25) is 0 Å². The molecule has 1 aromatic carbocycles. The van der Waals surface area contributed by atoms with Gasteiger partial charge in [-0.1, -0.05) is 31.2 Å². The van der Waals surface area contributed by atoms with E-state index in [1.54, 1.807) is 0 Å². The lowest BCUT2D eigenvalue weighted by atomic mass is 9.93. The maximum atomic E-state index is 5.95. The number of fused-ring (bicyclic) bond motifs is 1. The summed E-state index contributed by atoms with van der Waals surface area (Å²) in [5.41, 5.74) is 2.72. The highest BCUT2D eigenvalue weighted by Gasteiger charge is 2.27. The monoisotopic (exact) mass is 249 g/mol. The number of likely N-dealkylation sites (N-methyl/N-ethyl adjacent to an activating group) is 1. The minimum atomic E-state index is 0.108. The lowest BCUT2D eigenvalue weighted by molar-refractivity contribution is -0.0116. The van der Waals surface area contributed by atoms with Gasteiger partial charge in [0.1, 0.15) is 6.10 Å². The summed E-state index contributed by atoms with van der Waals surface area (Å²) in [5.74, 6) is 0. The summed E-state index contributed by atoms with van der Waals surface area (Å²) < 4.78 is 11.6. The van der Waals surface area contributed by atoms with Crippen molar-refractivity contribution in [2.75, 3.05) is 26.9 Å². The van der Waals surface area contributed by atoms with E-state index in [0.717, 1.165) is 26.1 Å². The summed E-state index contributed by atoms with van der Waals surface area (Å²) in [6, 6.07) is 8.77. The Kier molecular flexibility index (Phi) is 5.17. The second-order valence-electron chi connectivity index (χ2n) is 4.71. The van der Waals surface area contributed by atoms with E-state index < -0.39 is 0 Å². The standard InChI is InChI=1S/C15H23NO2/c1-3-9-17-11-14(16-2)15-13-7-5-4-6-12(13)8-10-18-15/h4-7,14-16H,3,8-11H2,1-2H3. The van der Waals surface area contributed by atoms with Gasteiger partial charge in [-0.25, -0.2) is 0 Å². The van der Waals surface area contributed by atoms with Crippen LogP contribution in [0.1, 0.15) is 30.6 Å². The van der Waals surface area contributed by atoms with Crippen LogP contribution in [0.25, 0.3) is 0 Å². The Morgan fingerprint density at radius 3 is 3.06 bits per heavy atom. The summed E-state index contributed by atoms with van der Waals surface area (Å²) in [4.78, 5) is 0. The third kappa shape index (κ3) is 3.10. The fourth-order valence-corrected chi connectivity index (χ4v) is 2.43. The van der Waals surface area contributed by atoms with Gasteiger partial charge in [-0.05, 0) is 31.0 Å². The predicted molar refractivity (Wildman–Crippen MR) is 72.8 cm³/mol. The molecular weight excluding hydrogens is 226 g/mol. The van der Waals surface area contributed by atoms with Crippen LogP contribution in [-0.4, -0.2) is 32.9 Å². The maximum Gasteiger partial charge on any atom is 0.100 e. The Morgan fingerprint density at radius 2 is 2.28 bits per heavy atom. The third-order valence-corrected chi connectivity index (χ3v) is 3.41. The predicted octanol–water partition coefficient (Wildman–Crippen LogP) is 2.32. The zero-order valence-electron chi connectivity index (χ0n) is 11.3. The van der Waals surface area contributed by atoms with Crippen LogP contribution >= 0.6 is 0 Å². The van der Waals surface area contributed by atoms with Gasteiger partial charge in [0.15, 0.2) is 0 Å². The van der Waals surface area contributed by atoms with E-state index in [9.17, 15) is 0 Å². The average Bonchev–Trinajstić information content (AvgIpc) is 2.43. The van der Waals surface area contributed by atoms with Crippen LogP contribution in [-0.2, 0) is 15.9 Å². The fraction of sp³-hybridized carbons (Fsp3) is 0.600. The van der Waals surface area contributed by atoms with Crippen molar-refractivity contribution in [3.05, 3.63) is 35.4 Å². The molecular formula is C15H23NO2. The Morgan fingerprint density at radius 1 is 1.44 bits per heavy atom. The molecule has 0 radical (unpaired) electrons. The number of rotatable bonds is 6. The first kappa shape index (κ1) is 13.5. The molecule has 2 rings (SSSR count). The van der Waals surface area contributed by atoms with Crippen molar-refractivity contribution >= 4 is 0 Å². The van der Waals surface area contributed by atoms with Crippen molar-refractivity contribution in [2.24, 2.45) is 0 Å². The van der Waals surface area contributed by atoms with E-state index in [0.29, 0.717) is 6.61 Å². The molecule has 1 N–H and O–H groups in total. The first-order valence-electron chi connectivity index (χ1n) is 6.81. The second kappa shape index (κ2) is 6.88. The van der Waals surface area contributed by atoms with Crippen LogP contribution in [0.4, 0.5) is 0 Å². The zero-order valence-corrected chi connectivity index (χ0v) is 11.3. The quantitative estimate of drug-likeness (QED) is 0.785. The normalized spacial score (nSPS) is 20.4. The highest BCUT2D eigenvalue weighted by atomic mass is 16.5. The number of hydrogen-bond donors (Lipinski definition) is 1. The first-order chi connectivity index (χ1) is 8.86. The van der Waals surface area contributed by atoms with Crippen LogP contribution in [0, 0.1) is 0 Å². The summed E-state index contributed by atoms with van der Waals surface area (Å²) in [6.07, 6.45) is 2.18. The Labute approximate surface area is 109 Å². The van der Waals surface area contributed by atoms with E-state index in [1.807, 2.05) is 7.05 Å². The van der Waals surface area contributed by atoms with Crippen molar-refractivity contribution in [1.82, 2.24) is 5.32 Å². The van der Waals surface area contributed by atoms with E-state index in [1.165, 1.54) is 11.1 Å². The second-order valence-corrected chi connectivity index (χ2v) is 4.71. The Bertz CT molecular complexity index is 367. The Hall–Kier alpha value is -0.900.